The third kappa shape index (κ3) is 1.47. The number of hydrogen-bond donors (Lipinski definition) is 0. The highest BCUT2D eigenvalue weighted by atomic mass is 32.2. The van der Waals surface area contributed by atoms with Crippen LogP contribution >= 0.6 is 11.8 Å². The van der Waals surface area contributed by atoms with Crippen molar-refractivity contribution in [1.29, 1.82) is 0 Å². The molecule has 0 amide bonds. The summed E-state index contributed by atoms with van der Waals surface area (Å²) in [5.74, 6) is 0. The van der Waals surface area contributed by atoms with Crippen LogP contribution in [0.1, 0.15) is 16.7 Å². The summed E-state index contributed by atoms with van der Waals surface area (Å²) in [6, 6.07) is 6.47. The molecule has 0 saturated heterocycles. The molecular weight excluding hydrogens is 216 g/mol. The van der Waals surface area contributed by atoms with Gasteiger partial charge in [0.15, 0.2) is 5.17 Å². The van der Waals surface area contributed by atoms with Crippen molar-refractivity contribution in [3.8, 4) is 0 Å². The Hall–Kier alpha value is -1.22. The third-order valence-electron chi connectivity index (χ3n) is 3.04. The number of aliphatic imine (C=N–C) groups is 1. The Morgan fingerprint density at radius 3 is 2.69 bits per heavy atom. The van der Waals surface area contributed by atoms with Gasteiger partial charge in [0.25, 0.3) is 0 Å². The monoisotopic (exact) mass is 230 g/mol. The number of fused-ring (bicyclic) bond motifs is 1. The van der Waals surface area contributed by atoms with E-state index >= 15 is 0 Å². The number of nitrogens with zero attached hydrogens (tertiary/aromatic N) is 2. The lowest BCUT2D eigenvalue weighted by Crippen LogP contribution is -2.14. The highest BCUT2D eigenvalue weighted by molar-refractivity contribution is 8.22. The lowest BCUT2D eigenvalue weighted by Gasteiger charge is -2.08. The number of thioether (sulfide) groups is 1. The van der Waals surface area contributed by atoms with Crippen molar-refractivity contribution < 1.29 is 0 Å². The molecule has 16 heavy (non-hydrogen) atoms. The van der Waals surface area contributed by atoms with Gasteiger partial charge in [-0.05, 0) is 42.3 Å². The van der Waals surface area contributed by atoms with Crippen molar-refractivity contribution in [3.05, 3.63) is 41.1 Å². The zero-order valence-electron chi connectivity index (χ0n) is 9.53. The lowest BCUT2D eigenvalue weighted by molar-refractivity contribution is 0.626. The topological polar surface area (TPSA) is 15.6 Å². The minimum Gasteiger partial charge on any atom is -0.325 e. The number of aryl methyl sites for hydroxylation is 2. The van der Waals surface area contributed by atoms with E-state index in [0.717, 1.165) is 18.3 Å². The molecule has 0 aliphatic carbocycles. The van der Waals surface area contributed by atoms with Gasteiger partial charge < -0.3 is 4.90 Å². The number of rotatable bonds is 1. The van der Waals surface area contributed by atoms with Gasteiger partial charge in [-0.15, -0.1) is 0 Å². The van der Waals surface area contributed by atoms with Gasteiger partial charge in [-0.3, -0.25) is 4.99 Å². The van der Waals surface area contributed by atoms with Crippen LogP contribution in [0.15, 0.2) is 29.4 Å². The van der Waals surface area contributed by atoms with E-state index in [0.29, 0.717) is 0 Å². The van der Waals surface area contributed by atoms with E-state index in [1.54, 1.807) is 11.8 Å². The van der Waals surface area contributed by atoms with E-state index in [1.807, 2.05) is 0 Å². The molecule has 0 unspecified atom stereocenters. The van der Waals surface area contributed by atoms with Crippen molar-refractivity contribution in [2.75, 3.05) is 13.1 Å². The summed E-state index contributed by atoms with van der Waals surface area (Å²) in [5, 5.41) is 1.16. The summed E-state index contributed by atoms with van der Waals surface area (Å²) in [5.41, 5.74) is 4.07. The first-order valence-electron chi connectivity index (χ1n) is 5.53. The first-order valence-corrected chi connectivity index (χ1v) is 6.35. The highest BCUT2D eigenvalue weighted by Gasteiger charge is 2.26. The molecule has 1 aromatic carbocycles. The molecule has 0 fully saturated rings. The highest BCUT2D eigenvalue weighted by Crippen LogP contribution is 2.40. The number of benzene rings is 1. The van der Waals surface area contributed by atoms with Gasteiger partial charge >= 0.3 is 0 Å². The van der Waals surface area contributed by atoms with E-state index in [1.165, 1.54) is 21.6 Å². The quantitative estimate of drug-likeness (QED) is 0.737. The van der Waals surface area contributed by atoms with Gasteiger partial charge in [0.1, 0.15) is 0 Å². The maximum absolute atomic E-state index is 4.49. The molecule has 1 aromatic rings. The summed E-state index contributed by atoms with van der Waals surface area (Å²) < 4.78 is 0. The number of amidine groups is 1. The molecule has 2 aliphatic heterocycles. The SMILES string of the molecule is Cc1cccc(C)c1C1=CN2CCN=C2S1. The zero-order valence-corrected chi connectivity index (χ0v) is 10.3. The van der Waals surface area contributed by atoms with Gasteiger partial charge in [0.05, 0.1) is 6.54 Å². The van der Waals surface area contributed by atoms with Crippen molar-refractivity contribution in [3.63, 3.8) is 0 Å². The van der Waals surface area contributed by atoms with Gasteiger partial charge in [-0.1, -0.05) is 18.2 Å². The molecule has 2 heterocycles. The van der Waals surface area contributed by atoms with Crippen molar-refractivity contribution in [2.45, 2.75) is 13.8 Å². The Labute approximate surface area is 100 Å². The molecule has 0 radical (unpaired) electrons. The van der Waals surface area contributed by atoms with Crippen LogP contribution in [0, 0.1) is 13.8 Å². The molecule has 3 rings (SSSR count). The molecule has 2 aliphatic rings. The molecule has 0 bridgehead atoms. The van der Waals surface area contributed by atoms with Crippen LogP contribution in [0.4, 0.5) is 0 Å². The minimum atomic E-state index is 0.943. The molecule has 82 valence electrons. The van der Waals surface area contributed by atoms with Crippen LogP contribution in [0.3, 0.4) is 0 Å². The van der Waals surface area contributed by atoms with Crippen LogP contribution in [0.25, 0.3) is 4.91 Å². The van der Waals surface area contributed by atoms with Crippen molar-refractivity contribution in [1.82, 2.24) is 4.90 Å². The second kappa shape index (κ2) is 3.67. The maximum atomic E-state index is 4.49. The Kier molecular flexibility index (Phi) is 2.28. The third-order valence-corrected chi connectivity index (χ3v) is 4.11. The first-order chi connectivity index (χ1) is 7.75. The van der Waals surface area contributed by atoms with E-state index in [2.05, 4.69) is 48.1 Å². The maximum Gasteiger partial charge on any atom is 0.168 e. The Balaban J connectivity index is 2.03. The van der Waals surface area contributed by atoms with E-state index in [9.17, 15) is 0 Å². The van der Waals surface area contributed by atoms with Crippen LogP contribution in [-0.4, -0.2) is 23.2 Å². The molecule has 0 saturated carbocycles. The van der Waals surface area contributed by atoms with Gasteiger partial charge in [-0.2, -0.15) is 0 Å². The van der Waals surface area contributed by atoms with E-state index in [4.69, 9.17) is 0 Å². The molecule has 3 heteroatoms. The second-order valence-electron chi connectivity index (χ2n) is 4.22. The molecule has 0 atom stereocenters. The Bertz CT molecular complexity index is 482. The smallest absolute Gasteiger partial charge is 0.168 e. The average Bonchev–Trinajstić information content (AvgIpc) is 2.77. The standard InChI is InChI=1S/C13H14N2S/c1-9-4-3-5-10(2)12(9)11-8-15-7-6-14-13(15)16-11/h3-5,8H,6-7H2,1-2H3. The van der Waals surface area contributed by atoms with Crippen molar-refractivity contribution in [2.24, 2.45) is 4.99 Å². The van der Waals surface area contributed by atoms with Gasteiger partial charge in [0.2, 0.25) is 0 Å². The molecule has 2 nitrogen and oxygen atoms in total. The fourth-order valence-electron chi connectivity index (χ4n) is 2.24. The average molecular weight is 230 g/mol. The Morgan fingerprint density at radius 1 is 1.25 bits per heavy atom. The summed E-state index contributed by atoms with van der Waals surface area (Å²) in [7, 11) is 0. The molecule has 0 spiro atoms. The van der Waals surface area contributed by atoms with E-state index in [-0.39, 0.29) is 0 Å². The normalized spacial score (nSPS) is 18.5. The predicted octanol–water partition coefficient (Wildman–Crippen LogP) is 3.02. The second-order valence-corrected chi connectivity index (χ2v) is 5.23. The van der Waals surface area contributed by atoms with Gasteiger partial charge in [0, 0.05) is 17.6 Å². The van der Waals surface area contributed by atoms with Crippen LogP contribution in [0.5, 0.6) is 0 Å². The minimum absolute atomic E-state index is 0.943. The summed E-state index contributed by atoms with van der Waals surface area (Å²) >= 11 is 1.80. The molecule has 0 N–H and O–H groups in total. The summed E-state index contributed by atoms with van der Waals surface area (Å²) in [6.07, 6.45) is 2.24. The summed E-state index contributed by atoms with van der Waals surface area (Å²) in [4.78, 5) is 8.08. The molecular formula is C13H14N2S. The molecule has 0 aromatic heterocycles. The van der Waals surface area contributed by atoms with Crippen LogP contribution < -0.4 is 0 Å². The van der Waals surface area contributed by atoms with E-state index < -0.39 is 0 Å². The van der Waals surface area contributed by atoms with Crippen molar-refractivity contribution >= 4 is 21.8 Å². The largest absolute Gasteiger partial charge is 0.325 e. The number of hydrogen-bond acceptors (Lipinski definition) is 3. The zero-order chi connectivity index (χ0) is 11.1. The van der Waals surface area contributed by atoms with Gasteiger partial charge in [-0.25, -0.2) is 0 Å². The fourth-order valence-corrected chi connectivity index (χ4v) is 3.45. The fraction of sp³-hybridized carbons (Fsp3) is 0.308. The first kappa shape index (κ1) is 9.97. The predicted molar refractivity (Wildman–Crippen MR) is 70.5 cm³/mol. The Morgan fingerprint density at radius 2 is 2.00 bits per heavy atom. The van der Waals surface area contributed by atoms with Crippen LogP contribution in [-0.2, 0) is 0 Å². The summed E-state index contributed by atoms with van der Waals surface area (Å²) in [6.45, 7) is 6.33. The lowest BCUT2D eigenvalue weighted by atomic mass is 10.0. The van der Waals surface area contributed by atoms with Crippen LogP contribution in [0.2, 0.25) is 0 Å².